The number of nitrogens with zero attached hydrogens (tertiary/aromatic N) is 4. The van der Waals surface area contributed by atoms with Crippen LogP contribution in [0, 0.1) is 0 Å². The second-order valence-corrected chi connectivity index (χ2v) is 10.1. The van der Waals surface area contributed by atoms with Crippen molar-refractivity contribution in [2.75, 3.05) is 70.1 Å². The SMILES string of the molecule is CCOC(=O)C1=CN(COCCNc2cc(N3CCOCC3)ncn2)C(C)=C(C(=O)OC)C1c1cccc(C(F)(F)F)c1Cl. The smallest absolute Gasteiger partial charge is 0.417 e. The number of alkyl halides is 3. The number of methoxy groups -OCH3 is 1. The van der Waals surface area contributed by atoms with Crippen molar-refractivity contribution in [1.82, 2.24) is 14.9 Å². The van der Waals surface area contributed by atoms with Crippen LogP contribution in [-0.4, -0.2) is 86.7 Å². The van der Waals surface area contributed by atoms with Crippen molar-refractivity contribution in [2.24, 2.45) is 0 Å². The number of esters is 2. The lowest BCUT2D eigenvalue weighted by atomic mass is 9.81. The molecule has 4 rings (SSSR count). The van der Waals surface area contributed by atoms with Gasteiger partial charge in [0.05, 0.1) is 61.2 Å². The van der Waals surface area contributed by atoms with Crippen molar-refractivity contribution in [3.05, 3.63) is 69.8 Å². The Hall–Kier alpha value is -3.88. The van der Waals surface area contributed by atoms with Crippen LogP contribution in [0.4, 0.5) is 24.8 Å². The van der Waals surface area contributed by atoms with Crippen molar-refractivity contribution in [3.8, 4) is 0 Å². The number of aromatic nitrogens is 2. The topological polar surface area (TPSA) is 115 Å². The Morgan fingerprint density at radius 2 is 1.93 bits per heavy atom. The molecular formula is C29H33ClF3N5O6. The summed E-state index contributed by atoms with van der Waals surface area (Å²) in [5.74, 6) is -1.57. The van der Waals surface area contributed by atoms with E-state index in [0.29, 0.717) is 31.3 Å². The summed E-state index contributed by atoms with van der Waals surface area (Å²) in [6.07, 6.45) is -1.89. The Balaban J connectivity index is 1.53. The lowest BCUT2D eigenvalue weighted by molar-refractivity contribution is -0.139. The number of carbonyl (C=O) groups is 2. The number of hydrogen-bond donors (Lipinski definition) is 1. The van der Waals surface area contributed by atoms with Gasteiger partial charge in [0.25, 0.3) is 0 Å². The molecule has 3 heterocycles. The molecule has 0 aliphatic carbocycles. The van der Waals surface area contributed by atoms with E-state index < -0.39 is 34.6 Å². The van der Waals surface area contributed by atoms with Gasteiger partial charge in [-0.15, -0.1) is 0 Å². The molecule has 0 amide bonds. The Morgan fingerprint density at radius 3 is 2.61 bits per heavy atom. The number of allylic oxidation sites excluding steroid dienone is 1. The van der Waals surface area contributed by atoms with E-state index in [4.69, 9.17) is 30.5 Å². The van der Waals surface area contributed by atoms with Crippen LogP contribution in [0.25, 0.3) is 0 Å². The number of halogens is 4. The number of morpholine rings is 1. The minimum Gasteiger partial charge on any atom is -0.466 e. The number of benzene rings is 1. The molecule has 1 aromatic carbocycles. The summed E-state index contributed by atoms with van der Waals surface area (Å²) in [6.45, 7) is 6.37. The molecule has 15 heteroatoms. The molecule has 44 heavy (non-hydrogen) atoms. The van der Waals surface area contributed by atoms with Crippen LogP contribution >= 0.6 is 11.6 Å². The molecule has 0 spiro atoms. The van der Waals surface area contributed by atoms with Gasteiger partial charge in [0.2, 0.25) is 0 Å². The number of ether oxygens (including phenoxy) is 4. The summed E-state index contributed by atoms with van der Waals surface area (Å²) in [4.78, 5) is 38.4. The standard InChI is InChI=1S/C29H33ClF3N5O6/c1-4-44-27(39)20-15-38(17-43-11-8-34-22-14-23(36-16-35-22)37-9-12-42-13-10-37)18(2)24(28(40)41-3)25(20)19-6-5-7-21(26(19)30)29(31,32)33/h5-7,14-16,25H,4,8-13,17H2,1-3H3,(H,34,35,36). The van der Waals surface area contributed by atoms with E-state index in [2.05, 4.69) is 20.2 Å². The molecule has 1 N–H and O–H groups in total. The molecule has 0 saturated carbocycles. The van der Waals surface area contributed by atoms with E-state index in [-0.39, 0.29) is 36.7 Å². The van der Waals surface area contributed by atoms with Crippen LogP contribution < -0.4 is 10.2 Å². The summed E-state index contributed by atoms with van der Waals surface area (Å²) in [5.41, 5.74) is -1.05. The van der Waals surface area contributed by atoms with E-state index in [1.807, 2.05) is 6.07 Å². The number of anilines is 2. The van der Waals surface area contributed by atoms with Crippen LogP contribution in [0.15, 0.2) is 53.6 Å². The highest BCUT2D eigenvalue weighted by Crippen LogP contribution is 2.45. The molecule has 1 atom stereocenters. The molecule has 1 aromatic heterocycles. The fourth-order valence-corrected chi connectivity index (χ4v) is 5.23. The molecule has 2 aromatic rings. The maximum atomic E-state index is 13.7. The normalized spacial score (nSPS) is 17.3. The third-order valence-corrected chi connectivity index (χ3v) is 7.47. The first-order valence-corrected chi connectivity index (χ1v) is 14.2. The first-order chi connectivity index (χ1) is 21.1. The summed E-state index contributed by atoms with van der Waals surface area (Å²) >= 11 is 6.26. The highest BCUT2D eigenvalue weighted by Gasteiger charge is 2.41. The molecule has 238 valence electrons. The molecule has 0 radical (unpaired) electrons. The first kappa shape index (κ1) is 33.0. The lowest BCUT2D eigenvalue weighted by Gasteiger charge is -2.34. The largest absolute Gasteiger partial charge is 0.466 e. The van der Waals surface area contributed by atoms with Crippen molar-refractivity contribution < 1.29 is 41.7 Å². The zero-order chi connectivity index (χ0) is 31.9. The number of rotatable bonds is 11. The third kappa shape index (κ3) is 7.60. The van der Waals surface area contributed by atoms with Crippen LogP contribution in [0.5, 0.6) is 0 Å². The maximum Gasteiger partial charge on any atom is 0.417 e. The minimum absolute atomic E-state index is 0.00602. The number of nitrogens with one attached hydrogen (secondary N) is 1. The summed E-state index contributed by atoms with van der Waals surface area (Å²) < 4.78 is 62.5. The van der Waals surface area contributed by atoms with Crippen LogP contribution in [-0.2, 0) is 34.7 Å². The molecule has 0 bridgehead atoms. The summed E-state index contributed by atoms with van der Waals surface area (Å²) in [6, 6.07) is 5.16. The zero-order valence-electron chi connectivity index (χ0n) is 24.4. The van der Waals surface area contributed by atoms with Gasteiger partial charge < -0.3 is 34.1 Å². The number of hydrogen-bond acceptors (Lipinski definition) is 11. The van der Waals surface area contributed by atoms with Crippen LogP contribution in [0.3, 0.4) is 0 Å². The van der Waals surface area contributed by atoms with E-state index in [1.165, 1.54) is 29.6 Å². The molecule has 1 saturated heterocycles. The van der Waals surface area contributed by atoms with Gasteiger partial charge in [-0.05, 0) is 25.5 Å². The number of carbonyl (C=O) groups excluding carboxylic acids is 2. The average molecular weight is 640 g/mol. The van der Waals surface area contributed by atoms with Gasteiger partial charge in [0, 0.05) is 37.6 Å². The van der Waals surface area contributed by atoms with Crippen molar-refractivity contribution in [2.45, 2.75) is 25.9 Å². The Labute approximate surface area is 257 Å². The maximum absolute atomic E-state index is 13.7. The molecular weight excluding hydrogens is 607 g/mol. The van der Waals surface area contributed by atoms with Gasteiger partial charge in [-0.3, -0.25) is 0 Å². The highest BCUT2D eigenvalue weighted by atomic mass is 35.5. The van der Waals surface area contributed by atoms with Crippen molar-refractivity contribution in [3.63, 3.8) is 0 Å². The minimum atomic E-state index is -4.76. The van der Waals surface area contributed by atoms with Gasteiger partial charge >= 0.3 is 18.1 Å². The highest BCUT2D eigenvalue weighted by molar-refractivity contribution is 6.32. The lowest BCUT2D eigenvalue weighted by Crippen LogP contribution is -2.36. The second-order valence-electron chi connectivity index (χ2n) is 9.73. The van der Waals surface area contributed by atoms with Gasteiger partial charge in [-0.1, -0.05) is 23.7 Å². The first-order valence-electron chi connectivity index (χ1n) is 13.8. The average Bonchev–Trinajstić information content (AvgIpc) is 3.01. The fraction of sp³-hybridized carbons (Fsp3) is 0.448. The zero-order valence-corrected chi connectivity index (χ0v) is 25.2. The molecule has 1 fully saturated rings. The van der Waals surface area contributed by atoms with E-state index in [9.17, 15) is 22.8 Å². The molecule has 2 aliphatic rings. The quantitative estimate of drug-likeness (QED) is 0.279. The monoisotopic (exact) mass is 639 g/mol. The van der Waals surface area contributed by atoms with Crippen molar-refractivity contribution >= 4 is 35.2 Å². The predicted octanol–water partition coefficient (Wildman–Crippen LogP) is 4.36. The second kappa shape index (κ2) is 14.7. The van der Waals surface area contributed by atoms with Crippen molar-refractivity contribution in [1.29, 1.82) is 0 Å². The van der Waals surface area contributed by atoms with Crippen LogP contribution in [0.2, 0.25) is 5.02 Å². The van der Waals surface area contributed by atoms with E-state index in [1.54, 1.807) is 13.8 Å². The fourth-order valence-electron chi connectivity index (χ4n) is 4.89. The molecule has 1 unspecified atom stereocenters. The van der Waals surface area contributed by atoms with Gasteiger partial charge in [-0.25, -0.2) is 19.6 Å². The summed E-state index contributed by atoms with van der Waals surface area (Å²) in [5, 5.41) is 2.54. The third-order valence-electron chi connectivity index (χ3n) is 7.05. The van der Waals surface area contributed by atoms with Gasteiger partial charge in [0.15, 0.2) is 0 Å². The Bertz CT molecular complexity index is 1410. The molecule has 11 nitrogen and oxygen atoms in total. The summed E-state index contributed by atoms with van der Waals surface area (Å²) in [7, 11) is 1.14. The Morgan fingerprint density at radius 1 is 1.18 bits per heavy atom. The van der Waals surface area contributed by atoms with E-state index in [0.717, 1.165) is 32.1 Å². The van der Waals surface area contributed by atoms with Gasteiger partial charge in [0.1, 0.15) is 24.7 Å². The Kier molecular flexibility index (Phi) is 11.1. The van der Waals surface area contributed by atoms with Crippen LogP contribution in [0.1, 0.15) is 30.9 Å². The van der Waals surface area contributed by atoms with E-state index >= 15 is 0 Å². The van der Waals surface area contributed by atoms with Gasteiger partial charge in [-0.2, -0.15) is 13.2 Å². The molecule has 2 aliphatic heterocycles. The predicted molar refractivity (Wildman–Crippen MR) is 155 cm³/mol.